The van der Waals surface area contributed by atoms with Gasteiger partial charge in [0.05, 0.1) is 11.9 Å². The summed E-state index contributed by atoms with van der Waals surface area (Å²) in [6, 6.07) is 22.2. The summed E-state index contributed by atoms with van der Waals surface area (Å²) in [4.78, 5) is 21.8. The predicted molar refractivity (Wildman–Crippen MR) is 106 cm³/mol. The Labute approximate surface area is 189 Å². The Bertz CT molecular complexity index is 1100. The molecule has 0 fully saturated rings. The van der Waals surface area contributed by atoms with Crippen LogP contribution in [-0.2, 0) is 27.3 Å². The van der Waals surface area contributed by atoms with Crippen LogP contribution in [0, 0.1) is 13.8 Å². The van der Waals surface area contributed by atoms with Crippen molar-refractivity contribution in [3.05, 3.63) is 95.1 Å². The molecule has 0 N–H and O–H groups in total. The van der Waals surface area contributed by atoms with Gasteiger partial charge in [-0.2, -0.15) is 0 Å². The van der Waals surface area contributed by atoms with Crippen LogP contribution in [0.1, 0.15) is 31.8 Å². The van der Waals surface area contributed by atoms with Gasteiger partial charge in [-0.25, -0.2) is 0 Å². The van der Waals surface area contributed by atoms with Crippen LogP contribution in [-0.4, -0.2) is 11.9 Å². The number of benzene rings is 4. The second kappa shape index (κ2) is 9.65. The number of aromatic carboxylic acids is 2. The first-order valence-electron chi connectivity index (χ1n) is 8.79. The molecule has 0 bridgehead atoms. The van der Waals surface area contributed by atoms with Gasteiger partial charge in [0, 0.05) is 11.1 Å². The van der Waals surface area contributed by atoms with Crippen LogP contribution in [0.3, 0.4) is 0 Å². The molecule has 5 heteroatoms. The third kappa shape index (κ3) is 4.82. The van der Waals surface area contributed by atoms with Crippen LogP contribution in [0.25, 0.3) is 21.5 Å². The quantitative estimate of drug-likeness (QED) is 0.411. The van der Waals surface area contributed by atoms with E-state index in [1.165, 1.54) is 0 Å². The summed E-state index contributed by atoms with van der Waals surface area (Å²) < 4.78 is 0. The molecule has 0 aromatic heterocycles. The number of hydrogen-bond acceptors (Lipinski definition) is 4. The van der Waals surface area contributed by atoms with Gasteiger partial charge in [0.25, 0.3) is 0 Å². The molecule has 4 aromatic rings. The third-order valence-electron chi connectivity index (χ3n) is 4.68. The topological polar surface area (TPSA) is 80.3 Å². The van der Waals surface area contributed by atoms with Crippen molar-refractivity contribution in [2.45, 2.75) is 13.8 Å². The minimum absolute atomic E-state index is 0. The van der Waals surface area contributed by atoms with E-state index in [0.717, 1.165) is 32.7 Å². The zero-order valence-electron chi connectivity index (χ0n) is 16.3. The number of aryl methyl sites for hydroxylation is 2. The molecule has 140 valence electrons. The van der Waals surface area contributed by atoms with E-state index in [1.54, 1.807) is 38.1 Å². The summed E-state index contributed by atoms with van der Waals surface area (Å²) in [5, 5.41) is 25.2. The molecule has 0 atom stereocenters. The minimum Gasteiger partial charge on any atom is -0.545 e. The van der Waals surface area contributed by atoms with Crippen molar-refractivity contribution < 1.29 is 47.1 Å². The molecule has 0 saturated carbocycles. The van der Waals surface area contributed by atoms with Crippen molar-refractivity contribution >= 4 is 33.5 Å². The van der Waals surface area contributed by atoms with E-state index in [0.29, 0.717) is 11.1 Å². The summed E-state index contributed by atoms with van der Waals surface area (Å²) in [5.41, 5.74) is 2.07. The van der Waals surface area contributed by atoms with Crippen LogP contribution < -0.4 is 10.2 Å². The first-order valence-corrected chi connectivity index (χ1v) is 8.79. The van der Waals surface area contributed by atoms with Crippen molar-refractivity contribution in [2.75, 3.05) is 0 Å². The van der Waals surface area contributed by atoms with Crippen LogP contribution in [0.5, 0.6) is 0 Å². The number of fused-ring (bicyclic) bond motifs is 2. The van der Waals surface area contributed by atoms with Crippen LogP contribution in [0.4, 0.5) is 0 Å². The van der Waals surface area contributed by atoms with Crippen LogP contribution in [0.15, 0.2) is 72.8 Å². The first-order chi connectivity index (χ1) is 13.4. The van der Waals surface area contributed by atoms with E-state index in [2.05, 4.69) is 0 Å². The van der Waals surface area contributed by atoms with Gasteiger partial charge in [-0.3, -0.25) is 0 Å². The molecule has 29 heavy (non-hydrogen) atoms. The molecule has 0 radical (unpaired) electrons. The molecular weight excluding hydrogens is 465 g/mol. The van der Waals surface area contributed by atoms with Crippen molar-refractivity contribution in [2.24, 2.45) is 0 Å². The summed E-state index contributed by atoms with van der Waals surface area (Å²) in [6.45, 7) is 3.55. The number of carbonyl (C=O) groups excluding carboxylic acids is 2. The number of carboxylic acids is 2. The van der Waals surface area contributed by atoms with E-state index < -0.39 is 11.9 Å². The van der Waals surface area contributed by atoms with Crippen LogP contribution in [0.2, 0.25) is 0 Å². The molecule has 4 nitrogen and oxygen atoms in total. The molecule has 0 saturated heterocycles. The van der Waals surface area contributed by atoms with Crippen molar-refractivity contribution in [1.29, 1.82) is 0 Å². The largest absolute Gasteiger partial charge is 2.00 e. The molecule has 0 amide bonds. The number of hydrogen-bond donors (Lipinski definition) is 0. The second-order valence-electron chi connectivity index (χ2n) is 6.53. The van der Waals surface area contributed by atoms with Crippen LogP contribution >= 0.6 is 0 Å². The van der Waals surface area contributed by atoms with Gasteiger partial charge < -0.3 is 19.8 Å². The van der Waals surface area contributed by atoms with Gasteiger partial charge in [0.2, 0.25) is 0 Å². The first kappa shape index (κ1) is 22.6. The van der Waals surface area contributed by atoms with E-state index in [1.807, 2.05) is 48.5 Å². The molecule has 0 aliphatic rings. The third-order valence-corrected chi connectivity index (χ3v) is 4.68. The Morgan fingerprint density at radius 2 is 0.931 bits per heavy atom. The van der Waals surface area contributed by atoms with Gasteiger partial charge in [0.1, 0.15) is 0 Å². The molecule has 0 aliphatic heterocycles. The summed E-state index contributed by atoms with van der Waals surface area (Å²) in [5.74, 6) is -2.22. The van der Waals surface area contributed by atoms with Gasteiger partial charge in [0.15, 0.2) is 0 Å². The van der Waals surface area contributed by atoms with Gasteiger partial charge >= 0.3 is 27.3 Å². The number of carboxylic acid groups (broad SMARTS) is 2. The maximum atomic E-state index is 10.9. The fourth-order valence-corrected chi connectivity index (χ4v) is 3.30. The summed E-state index contributed by atoms with van der Waals surface area (Å²) >= 11 is 0. The Balaban J connectivity index is 0.000000200. The Morgan fingerprint density at radius 1 is 0.586 bits per heavy atom. The molecular formula is C24H18CdO4. The van der Waals surface area contributed by atoms with Gasteiger partial charge in [-0.1, -0.05) is 72.8 Å². The predicted octanol–water partition coefficient (Wildman–Crippen LogP) is 3.02. The maximum absolute atomic E-state index is 10.9. The summed E-state index contributed by atoms with van der Waals surface area (Å²) in [7, 11) is 0. The van der Waals surface area contributed by atoms with Gasteiger partial charge in [-0.15, -0.1) is 0 Å². The zero-order chi connectivity index (χ0) is 20.3. The van der Waals surface area contributed by atoms with E-state index in [9.17, 15) is 19.8 Å². The summed E-state index contributed by atoms with van der Waals surface area (Å²) in [6.07, 6.45) is 0. The molecule has 0 aliphatic carbocycles. The van der Waals surface area contributed by atoms with E-state index in [4.69, 9.17) is 0 Å². The molecule has 4 rings (SSSR count). The van der Waals surface area contributed by atoms with Crippen molar-refractivity contribution in [1.82, 2.24) is 0 Å². The molecule has 0 heterocycles. The zero-order valence-corrected chi connectivity index (χ0v) is 20.3. The Hall–Kier alpha value is -2.74. The fourth-order valence-electron chi connectivity index (χ4n) is 3.30. The fraction of sp³-hybridized carbons (Fsp3) is 0.0833. The van der Waals surface area contributed by atoms with Crippen molar-refractivity contribution in [3.63, 3.8) is 0 Å². The monoisotopic (exact) mass is 484 g/mol. The Kier molecular flexibility index (Phi) is 7.50. The average molecular weight is 483 g/mol. The molecule has 0 spiro atoms. The minimum atomic E-state index is -1.11. The average Bonchev–Trinajstić information content (AvgIpc) is 2.67. The normalized spacial score (nSPS) is 10.0. The Morgan fingerprint density at radius 3 is 1.28 bits per heavy atom. The van der Waals surface area contributed by atoms with E-state index in [-0.39, 0.29) is 27.3 Å². The van der Waals surface area contributed by atoms with E-state index >= 15 is 0 Å². The smallest absolute Gasteiger partial charge is 0.545 e. The van der Waals surface area contributed by atoms with Gasteiger partial charge in [-0.05, 0) is 46.5 Å². The van der Waals surface area contributed by atoms with Crippen molar-refractivity contribution in [3.8, 4) is 0 Å². The maximum Gasteiger partial charge on any atom is 2.00 e. The number of rotatable bonds is 2. The SMILES string of the molecule is Cc1ccc2ccccc2c1C(=O)[O-].Cc1ccc2ccccc2c1C(=O)[O-].[Cd+2]. The molecule has 4 aromatic carbocycles. The number of carbonyl (C=O) groups is 2. The second-order valence-corrected chi connectivity index (χ2v) is 6.53. The molecule has 0 unspecified atom stereocenters. The standard InChI is InChI=1S/2C12H10O2.Cd/c2*1-8-6-7-9-4-2-3-5-10(9)11(8)12(13)14;/h2*2-7H,1H3,(H,13,14);/q;;+2/p-2.